The van der Waals surface area contributed by atoms with Gasteiger partial charge in [0.1, 0.15) is 12.4 Å². The van der Waals surface area contributed by atoms with Gasteiger partial charge in [0, 0.05) is 5.75 Å². The van der Waals surface area contributed by atoms with Gasteiger partial charge < -0.3 is 4.74 Å². The van der Waals surface area contributed by atoms with Crippen molar-refractivity contribution in [2.45, 2.75) is 13.8 Å². The molecule has 1 aromatic carbocycles. The van der Waals surface area contributed by atoms with Crippen LogP contribution < -0.4 is 4.74 Å². The van der Waals surface area contributed by atoms with Crippen LogP contribution in [0.25, 0.3) is 0 Å². The summed E-state index contributed by atoms with van der Waals surface area (Å²) in [5.74, 6) is 0.683. The predicted molar refractivity (Wildman–Crippen MR) is 65.7 cm³/mol. The number of rotatable bonds is 5. The van der Waals surface area contributed by atoms with Crippen LogP contribution in [0, 0.1) is 18.3 Å². The first kappa shape index (κ1) is 13.5. The molecule has 0 saturated heterocycles. The SMILES string of the molecule is CCS(=O)(=O)CCOc1cc(C#N)ccc1C. The fourth-order valence-electron chi connectivity index (χ4n) is 1.25. The lowest BCUT2D eigenvalue weighted by Crippen LogP contribution is -2.15. The molecule has 0 heterocycles. The second-order valence-electron chi connectivity index (χ2n) is 3.68. The zero-order valence-corrected chi connectivity index (χ0v) is 10.8. The maximum Gasteiger partial charge on any atom is 0.153 e. The van der Waals surface area contributed by atoms with E-state index < -0.39 is 9.84 Å². The maximum absolute atomic E-state index is 11.3. The van der Waals surface area contributed by atoms with Gasteiger partial charge in [-0.15, -0.1) is 0 Å². The predicted octanol–water partition coefficient (Wildman–Crippen LogP) is 1.68. The number of nitriles is 1. The fraction of sp³-hybridized carbons (Fsp3) is 0.417. The lowest BCUT2D eigenvalue weighted by molar-refractivity contribution is 0.338. The van der Waals surface area contributed by atoms with E-state index in [9.17, 15) is 8.42 Å². The lowest BCUT2D eigenvalue weighted by atomic mass is 10.1. The molecule has 0 aliphatic carbocycles. The molecule has 1 rings (SSSR count). The summed E-state index contributed by atoms with van der Waals surface area (Å²) < 4.78 is 27.9. The first-order valence-corrected chi connectivity index (χ1v) is 7.14. The molecular weight excluding hydrogens is 238 g/mol. The van der Waals surface area contributed by atoms with E-state index in [0.717, 1.165) is 5.56 Å². The first-order valence-electron chi connectivity index (χ1n) is 5.32. The average Bonchev–Trinajstić information content (AvgIpc) is 2.31. The summed E-state index contributed by atoms with van der Waals surface area (Å²) in [6.07, 6.45) is 0. The summed E-state index contributed by atoms with van der Waals surface area (Å²) in [5.41, 5.74) is 1.39. The molecule has 0 aliphatic heterocycles. The van der Waals surface area contributed by atoms with Crippen LogP contribution >= 0.6 is 0 Å². The molecule has 0 aromatic heterocycles. The molecule has 0 unspecified atom stereocenters. The van der Waals surface area contributed by atoms with Crippen molar-refractivity contribution < 1.29 is 13.2 Å². The number of nitrogens with zero attached hydrogens (tertiary/aromatic N) is 1. The highest BCUT2D eigenvalue weighted by Crippen LogP contribution is 2.19. The van der Waals surface area contributed by atoms with Gasteiger partial charge in [0.15, 0.2) is 9.84 Å². The third-order valence-corrected chi connectivity index (χ3v) is 4.08. The highest BCUT2D eigenvalue weighted by Gasteiger charge is 2.08. The van der Waals surface area contributed by atoms with Gasteiger partial charge in [-0.3, -0.25) is 0 Å². The molecule has 92 valence electrons. The Bertz CT molecular complexity index is 529. The minimum absolute atomic E-state index is 0.000277. The van der Waals surface area contributed by atoms with Crippen LogP contribution in [0.2, 0.25) is 0 Å². The molecule has 0 radical (unpaired) electrons. The Morgan fingerprint density at radius 1 is 1.41 bits per heavy atom. The Morgan fingerprint density at radius 3 is 2.71 bits per heavy atom. The maximum atomic E-state index is 11.3. The van der Waals surface area contributed by atoms with Crippen LogP contribution in [0.5, 0.6) is 5.75 Å². The lowest BCUT2D eigenvalue weighted by Gasteiger charge is -2.09. The van der Waals surface area contributed by atoms with Crippen LogP contribution in [0.4, 0.5) is 0 Å². The van der Waals surface area contributed by atoms with E-state index in [1.807, 2.05) is 13.0 Å². The zero-order valence-electron chi connectivity index (χ0n) is 9.93. The molecule has 0 saturated carbocycles. The van der Waals surface area contributed by atoms with Gasteiger partial charge >= 0.3 is 0 Å². The smallest absolute Gasteiger partial charge is 0.153 e. The topological polar surface area (TPSA) is 67.2 Å². The standard InChI is InChI=1S/C12H15NO3S/c1-3-17(14,15)7-6-16-12-8-11(9-13)5-4-10(12)2/h4-5,8H,3,6-7H2,1-2H3. The Morgan fingerprint density at radius 2 is 2.12 bits per heavy atom. The molecule has 17 heavy (non-hydrogen) atoms. The molecule has 0 atom stereocenters. The summed E-state index contributed by atoms with van der Waals surface area (Å²) in [6.45, 7) is 3.58. The van der Waals surface area contributed by atoms with Gasteiger partial charge in [-0.2, -0.15) is 5.26 Å². The van der Waals surface area contributed by atoms with Gasteiger partial charge in [-0.05, 0) is 24.6 Å². The number of sulfone groups is 1. The normalized spacial score (nSPS) is 10.9. The van der Waals surface area contributed by atoms with E-state index in [-0.39, 0.29) is 18.1 Å². The summed E-state index contributed by atoms with van der Waals surface area (Å²) in [6, 6.07) is 7.11. The van der Waals surface area contributed by atoms with Crippen molar-refractivity contribution in [3.63, 3.8) is 0 Å². The summed E-state index contributed by atoms with van der Waals surface area (Å²) in [5, 5.41) is 8.74. The van der Waals surface area contributed by atoms with Gasteiger partial charge in [0.05, 0.1) is 17.4 Å². The summed E-state index contributed by atoms with van der Waals surface area (Å²) in [4.78, 5) is 0. The first-order chi connectivity index (χ1) is 7.98. The van der Waals surface area contributed by atoms with Gasteiger partial charge in [0.2, 0.25) is 0 Å². The molecular formula is C12H15NO3S. The van der Waals surface area contributed by atoms with Crippen molar-refractivity contribution in [3.8, 4) is 11.8 Å². The number of hydrogen-bond acceptors (Lipinski definition) is 4. The molecule has 1 aromatic rings. The van der Waals surface area contributed by atoms with E-state index >= 15 is 0 Å². The van der Waals surface area contributed by atoms with Crippen LogP contribution in [-0.4, -0.2) is 26.5 Å². The van der Waals surface area contributed by atoms with Crippen molar-refractivity contribution in [2.75, 3.05) is 18.1 Å². The third kappa shape index (κ3) is 4.08. The Labute approximate surface area is 102 Å². The minimum atomic E-state index is -3.01. The van der Waals surface area contributed by atoms with E-state index in [1.54, 1.807) is 25.1 Å². The minimum Gasteiger partial charge on any atom is -0.492 e. The van der Waals surface area contributed by atoms with Crippen molar-refractivity contribution in [1.29, 1.82) is 5.26 Å². The summed E-state index contributed by atoms with van der Waals surface area (Å²) in [7, 11) is -3.01. The second-order valence-corrected chi connectivity index (χ2v) is 6.15. The van der Waals surface area contributed by atoms with Crippen LogP contribution in [0.15, 0.2) is 18.2 Å². The van der Waals surface area contributed by atoms with Crippen LogP contribution in [0.1, 0.15) is 18.1 Å². The van der Waals surface area contributed by atoms with E-state index in [4.69, 9.17) is 10.00 Å². The van der Waals surface area contributed by atoms with Gasteiger partial charge in [0.25, 0.3) is 0 Å². The summed E-state index contributed by atoms with van der Waals surface area (Å²) >= 11 is 0. The highest BCUT2D eigenvalue weighted by atomic mass is 32.2. The van der Waals surface area contributed by atoms with E-state index in [2.05, 4.69) is 0 Å². The Kier molecular flexibility index (Phi) is 4.53. The molecule has 0 bridgehead atoms. The molecule has 0 aliphatic rings. The Balaban J connectivity index is 2.67. The monoisotopic (exact) mass is 253 g/mol. The van der Waals surface area contributed by atoms with Crippen LogP contribution in [0.3, 0.4) is 0 Å². The number of hydrogen-bond donors (Lipinski definition) is 0. The number of benzene rings is 1. The van der Waals surface area contributed by atoms with Crippen molar-refractivity contribution >= 4 is 9.84 Å². The van der Waals surface area contributed by atoms with Gasteiger partial charge in [-0.25, -0.2) is 8.42 Å². The molecule has 0 N–H and O–H groups in total. The third-order valence-electron chi connectivity index (χ3n) is 2.41. The molecule has 5 heteroatoms. The van der Waals surface area contributed by atoms with Crippen molar-refractivity contribution in [2.24, 2.45) is 0 Å². The number of aryl methyl sites for hydroxylation is 1. The fourth-order valence-corrected chi connectivity index (χ4v) is 1.87. The zero-order chi connectivity index (χ0) is 12.9. The molecule has 0 fully saturated rings. The molecule has 4 nitrogen and oxygen atoms in total. The van der Waals surface area contributed by atoms with Crippen LogP contribution in [-0.2, 0) is 9.84 Å². The molecule has 0 amide bonds. The quantitative estimate of drug-likeness (QED) is 0.800. The van der Waals surface area contributed by atoms with E-state index in [1.165, 1.54) is 0 Å². The number of ether oxygens (including phenoxy) is 1. The largest absolute Gasteiger partial charge is 0.492 e. The second kappa shape index (κ2) is 5.69. The Hall–Kier alpha value is -1.54. The van der Waals surface area contributed by atoms with Crippen molar-refractivity contribution in [1.82, 2.24) is 0 Å². The van der Waals surface area contributed by atoms with Gasteiger partial charge in [-0.1, -0.05) is 13.0 Å². The van der Waals surface area contributed by atoms with E-state index in [0.29, 0.717) is 11.3 Å². The van der Waals surface area contributed by atoms with Crippen molar-refractivity contribution in [3.05, 3.63) is 29.3 Å². The highest BCUT2D eigenvalue weighted by molar-refractivity contribution is 7.91. The average molecular weight is 253 g/mol. The molecule has 0 spiro atoms.